The smallest absolute Gasteiger partial charge is 0.257 e. The fraction of sp³-hybridized carbons (Fsp3) is 0.222. The first-order valence-corrected chi connectivity index (χ1v) is 9.90. The van der Waals surface area contributed by atoms with E-state index < -0.39 is 21.8 Å². The van der Waals surface area contributed by atoms with E-state index in [2.05, 4.69) is 15.0 Å². The lowest BCUT2D eigenvalue weighted by Gasteiger charge is -2.17. The fourth-order valence-electron chi connectivity index (χ4n) is 2.24. The Balaban J connectivity index is 2.32. The Morgan fingerprint density at radius 2 is 1.62 bits per heavy atom. The summed E-state index contributed by atoms with van der Waals surface area (Å²) in [5.41, 5.74) is 0.900. The summed E-state index contributed by atoms with van der Waals surface area (Å²) in [5, 5.41) is 14.8. The van der Waals surface area contributed by atoms with Crippen LogP contribution in [0.2, 0.25) is 0 Å². The highest BCUT2D eigenvalue weighted by molar-refractivity contribution is 7.92. The van der Waals surface area contributed by atoms with Crippen LogP contribution in [-0.4, -0.2) is 33.0 Å². The molecule has 2 rings (SSSR count). The average molecular weight is 374 g/mol. The Labute approximate surface area is 152 Å². The van der Waals surface area contributed by atoms with E-state index in [-0.39, 0.29) is 16.8 Å². The molecule has 0 bridgehead atoms. The quantitative estimate of drug-likeness (QED) is 0.569. The molecule has 0 saturated carbocycles. The summed E-state index contributed by atoms with van der Waals surface area (Å²) in [7, 11) is -3.54. The average Bonchev–Trinajstić information content (AvgIpc) is 2.59. The molecule has 0 saturated heterocycles. The van der Waals surface area contributed by atoms with Crippen LogP contribution in [0.3, 0.4) is 0 Å². The summed E-state index contributed by atoms with van der Waals surface area (Å²) in [4.78, 5) is 16.6. The van der Waals surface area contributed by atoms with Gasteiger partial charge in [-0.15, -0.1) is 0 Å². The van der Waals surface area contributed by atoms with Gasteiger partial charge in [0, 0.05) is 17.8 Å². The molecule has 2 aromatic rings. The van der Waals surface area contributed by atoms with Crippen LogP contribution in [0.25, 0.3) is 0 Å². The van der Waals surface area contributed by atoms with Crippen molar-refractivity contribution in [2.75, 3.05) is 22.8 Å². The molecule has 0 aliphatic rings. The second-order valence-corrected chi connectivity index (χ2v) is 7.35. The van der Waals surface area contributed by atoms with Gasteiger partial charge in [-0.2, -0.15) is 0 Å². The minimum absolute atomic E-state index is 0.144. The van der Waals surface area contributed by atoms with Crippen LogP contribution in [-0.2, 0) is 10.0 Å². The van der Waals surface area contributed by atoms with Crippen LogP contribution in [0, 0.1) is 0 Å². The number of para-hydroxylation sites is 2. The van der Waals surface area contributed by atoms with Crippen molar-refractivity contribution in [3.05, 3.63) is 59.7 Å². The molecule has 2 aromatic carbocycles. The number of nitrogens with one attached hydrogen (secondary N) is 2. The second kappa shape index (κ2) is 8.48. The molecule has 1 amide bonds. The van der Waals surface area contributed by atoms with Crippen LogP contribution < -0.4 is 15.1 Å². The highest BCUT2D eigenvalue weighted by Gasteiger charge is 2.15. The van der Waals surface area contributed by atoms with Crippen LogP contribution in [0.1, 0.15) is 29.3 Å². The Bertz CT molecular complexity index is 924. The van der Waals surface area contributed by atoms with Gasteiger partial charge in [-0.3, -0.25) is 9.52 Å². The number of amides is 1. The van der Waals surface area contributed by atoms with E-state index in [0.29, 0.717) is 12.2 Å². The van der Waals surface area contributed by atoms with Crippen molar-refractivity contribution in [1.82, 2.24) is 0 Å². The highest BCUT2D eigenvalue weighted by Crippen LogP contribution is 2.20. The Morgan fingerprint density at radius 3 is 2.23 bits per heavy atom. The first-order valence-electron chi connectivity index (χ1n) is 8.01. The Kier molecular flexibility index (Phi) is 6.35. The van der Waals surface area contributed by atoms with E-state index in [0.717, 1.165) is 12.7 Å². The molecule has 7 nitrogen and oxygen atoms in total. The monoisotopic (exact) mass is 374 g/mol. The molecular weight excluding hydrogens is 354 g/mol. The van der Waals surface area contributed by atoms with Gasteiger partial charge in [0.15, 0.2) is 0 Å². The minimum Gasteiger partial charge on any atom is -0.858 e. The number of rotatable bonds is 7. The molecule has 0 aliphatic heterocycles. The maximum atomic E-state index is 12.6. The van der Waals surface area contributed by atoms with E-state index in [1.54, 1.807) is 36.4 Å². The fourth-order valence-corrected chi connectivity index (χ4v) is 2.81. The van der Waals surface area contributed by atoms with Crippen molar-refractivity contribution in [1.29, 1.82) is 0 Å². The Morgan fingerprint density at radius 1 is 1.04 bits per heavy atom. The Hall–Kier alpha value is -2.87. The summed E-state index contributed by atoms with van der Waals surface area (Å²) < 4.78 is 25.3. The number of nitrogens with zero attached hydrogens (tertiary/aromatic N) is 1. The zero-order valence-electron chi connectivity index (χ0n) is 14.5. The SMILES string of the molecule is CCCN=C([O-])c1ccccc1NC(=O)c1ccccc1NS(C)(=O)=O. The standard InChI is InChI=1S/C18H21N3O4S/c1-3-12-19-17(22)13-8-4-6-10-15(13)20-18(23)14-9-5-7-11-16(14)21-26(2,24)25/h4-11,21H,3,12H2,1-2H3,(H,19,22)(H,20,23)/p-1. The molecule has 0 radical (unpaired) electrons. The van der Waals surface area contributed by atoms with Gasteiger partial charge < -0.3 is 15.4 Å². The third-order valence-electron chi connectivity index (χ3n) is 3.35. The summed E-state index contributed by atoms with van der Waals surface area (Å²) in [6.45, 7) is 2.32. The van der Waals surface area contributed by atoms with E-state index in [9.17, 15) is 18.3 Å². The lowest BCUT2D eigenvalue weighted by Crippen LogP contribution is -2.23. The summed E-state index contributed by atoms with van der Waals surface area (Å²) >= 11 is 0. The molecule has 2 N–H and O–H groups in total. The van der Waals surface area contributed by atoms with Gasteiger partial charge in [-0.25, -0.2) is 8.42 Å². The van der Waals surface area contributed by atoms with Gasteiger partial charge in [0.05, 0.1) is 17.5 Å². The number of anilines is 2. The van der Waals surface area contributed by atoms with Crippen molar-refractivity contribution in [3.8, 4) is 0 Å². The van der Waals surface area contributed by atoms with Gasteiger partial charge >= 0.3 is 0 Å². The van der Waals surface area contributed by atoms with E-state index in [1.165, 1.54) is 12.1 Å². The normalized spacial score (nSPS) is 11.8. The van der Waals surface area contributed by atoms with Crippen molar-refractivity contribution in [2.45, 2.75) is 13.3 Å². The predicted octanol–water partition coefficient (Wildman–Crippen LogP) is 1.83. The number of hydrogen-bond donors (Lipinski definition) is 2. The number of benzene rings is 2. The molecule has 0 aromatic heterocycles. The topological polar surface area (TPSA) is 111 Å². The molecule has 138 valence electrons. The number of carbonyl (C=O) groups is 1. The second-order valence-electron chi connectivity index (χ2n) is 5.61. The van der Waals surface area contributed by atoms with Crippen LogP contribution in [0.4, 0.5) is 11.4 Å². The number of sulfonamides is 1. The summed E-state index contributed by atoms with van der Waals surface area (Å²) in [6.07, 6.45) is 1.75. The summed E-state index contributed by atoms with van der Waals surface area (Å²) in [5.74, 6) is -0.946. The largest absolute Gasteiger partial charge is 0.858 e. The molecular formula is C18H20N3O4S-. The van der Waals surface area contributed by atoms with Gasteiger partial charge in [-0.1, -0.05) is 37.3 Å². The summed E-state index contributed by atoms with van der Waals surface area (Å²) in [6, 6.07) is 12.8. The molecule has 0 unspecified atom stereocenters. The number of aliphatic imine (C=N–C) groups is 1. The minimum atomic E-state index is -3.54. The molecule has 0 fully saturated rings. The van der Waals surface area contributed by atoms with Crippen molar-refractivity contribution >= 4 is 33.2 Å². The van der Waals surface area contributed by atoms with Gasteiger partial charge in [0.2, 0.25) is 10.0 Å². The maximum absolute atomic E-state index is 12.6. The highest BCUT2D eigenvalue weighted by atomic mass is 32.2. The number of hydrogen-bond acceptors (Lipinski definition) is 5. The van der Waals surface area contributed by atoms with Crippen molar-refractivity contribution in [2.24, 2.45) is 4.99 Å². The van der Waals surface area contributed by atoms with Gasteiger partial charge in [0.25, 0.3) is 5.91 Å². The van der Waals surface area contributed by atoms with Crippen molar-refractivity contribution in [3.63, 3.8) is 0 Å². The third-order valence-corrected chi connectivity index (χ3v) is 3.94. The predicted molar refractivity (Wildman–Crippen MR) is 101 cm³/mol. The zero-order chi connectivity index (χ0) is 19.2. The van der Waals surface area contributed by atoms with E-state index >= 15 is 0 Å². The number of carbonyl (C=O) groups excluding carboxylic acids is 1. The third kappa shape index (κ3) is 5.32. The van der Waals surface area contributed by atoms with Gasteiger partial charge in [0.1, 0.15) is 0 Å². The maximum Gasteiger partial charge on any atom is 0.257 e. The molecule has 0 spiro atoms. The molecule has 0 atom stereocenters. The lowest BCUT2D eigenvalue weighted by atomic mass is 10.1. The molecule has 8 heteroatoms. The van der Waals surface area contributed by atoms with Crippen molar-refractivity contribution < 1.29 is 18.3 Å². The first kappa shape index (κ1) is 19.5. The van der Waals surface area contributed by atoms with Gasteiger partial charge in [-0.05, 0) is 30.5 Å². The van der Waals surface area contributed by atoms with Crippen LogP contribution >= 0.6 is 0 Å². The van der Waals surface area contributed by atoms with Crippen LogP contribution in [0.15, 0.2) is 53.5 Å². The zero-order valence-corrected chi connectivity index (χ0v) is 15.3. The van der Waals surface area contributed by atoms with Crippen LogP contribution in [0.5, 0.6) is 0 Å². The molecule has 0 aliphatic carbocycles. The lowest BCUT2D eigenvalue weighted by molar-refractivity contribution is -0.213. The van der Waals surface area contributed by atoms with E-state index in [1.807, 2.05) is 6.92 Å². The molecule has 0 heterocycles. The first-order chi connectivity index (χ1) is 12.3. The van der Waals surface area contributed by atoms with E-state index in [4.69, 9.17) is 0 Å². The molecule has 26 heavy (non-hydrogen) atoms.